The number of ether oxygens (including phenoxy) is 1. The van der Waals surface area contributed by atoms with Crippen LogP contribution in [0, 0.1) is 0 Å². The molecule has 4 heteroatoms. The van der Waals surface area contributed by atoms with Crippen LogP contribution in [-0.2, 0) is 6.61 Å². The third-order valence-electron chi connectivity index (χ3n) is 4.47. The number of aldehydes is 1. The van der Waals surface area contributed by atoms with Crippen molar-refractivity contribution in [3.63, 3.8) is 0 Å². The summed E-state index contributed by atoms with van der Waals surface area (Å²) >= 11 is 0. The van der Waals surface area contributed by atoms with Gasteiger partial charge in [0, 0.05) is 5.56 Å². The van der Waals surface area contributed by atoms with E-state index in [1.54, 1.807) is 6.20 Å². The molecule has 1 aromatic heterocycles. The third kappa shape index (κ3) is 3.79. The molecule has 0 radical (unpaired) electrons. The van der Waals surface area contributed by atoms with Crippen LogP contribution < -0.4 is 4.74 Å². The maximum Gasteiger partial charge on any atom is 0.153 e. The highest BCUT2D eigenvalue weighted by Gasteiger charge is 2.15. The van der Waals surface area contributed by atoms with Gasteiger partial charge in [-0.3, -0.25) is 9.89 Å². The molecule has 0 amide bonds. The number of hydrogen-bond acceptors (Lipinski definition) is 3. The van der Waals surface area contributed by atoms with Crippen LogP contribution in [0.2, 0.25) is 0 Å². The summed E-state index contributed by atoms with van der Waals surface area (Å²) in [4.78, 5) is 11.2. The number of carbonyl (C=O) groups excluding carboxylic acids is 1. The molecule has 1 atom stereocenters. The largest absolute Gasteiger partial charge is 0.489 e. The maximum absolute atomic E-state index is 11.2. The molecule has 0 aliphatic heterocycles. The number of benzene rings is 2. The van der Waals surface area contributed by atoms with E-state index in [-0.39, 0.29) is 0 Å². The number of nitrogens with one attached hydrogen (secondary N) is 1. The molecule has 0 aliphatic rings. The fourth-order valence-electron chi connectivity index (χ4n) is 2.79. The summed E-state index contributed by atoms with van der Waals surface area (Å²) < 4.78 is 6.08. The molecule has 3 rings (SSSR count). The summed E-state index contributed by atoms with van der Waals surface area (Å²) in [7, 11) is 0. The molecular weight excluding hydrogens is 312 g/mol. The molecule has 2 aromatic carbocycles. The Morgan fingerprint density at radius 1 is 1.20 bits per heavy atom. The van der Waals surface area contributed by atoms with Crippen LogP contribution in [0.5, 0.6) is 5.75 Å². The Bertz CT molecular complexity index is 840. The van der Waals surface area contributed by atoms with Crippen LogP contribution in [0.3, 0.4) is 0 Å². The summed E-state index contributed by atoms with van der Waals surface area (Å²) in [6, 6.07) is 16.2. The van der Waals surface area contributed by atoms with Crippen molar-refractivity contribution in [2.45, 2.75) is 32.8 Å². The number of hydrogen-bond donors (Lipinski definition) is 1. The quantitative estimate of drug-likeness (QED) is 0.620. The number of aromatic nitrogens is 2. The topological polar surface area (TPSA) is 55.0 Å². The van der Waals surface area contributed by atoms with E-state index in [0.717, 1.165) is 40.8 Å². The molecule has 0 saturated carbocycles. The number of aromatic amines is 1. The van der Waals surface area contributed by atoms with Crippen molar-refractivity contribution in [3.05, 3.63) is 71.4 Å². The average Bonchev–Trinajstić information content (AvgIpc) is 3.15. The van der Waals surface area contributed by atoms with Gasteiger partial charge in [0.05, 0.1) is 17.5 Å². The Kier molecular flexibility index (Phi) is 5.29. The Morgan fingerprint density at radius 2 is 2.00 bits per heavy atom. The number of rotatable bonds is 7. The second-order valence-corrected chi connectivity index (χ2v) is 6.15. The lowest BCUT2D eigenvalue weighted by Crippen LogP contribution is -2.01. The SMILES string of the molecule is CCC(C)c1cc(-c2[nH]ncc2C=O)ccc1OCc1ccccc1. The van der Waals surface area contributed by atoms with Gasteiger partial charge in [-0.25, -0.2) is 0 Å². The van der Waals surface area contributed by atoms with Crippen LogP contribution >= 0.6 is 0 Å². The first-order valence-corrected chi connectivity index (χ1v) is 8.52. The van der Waals surface area contributed by atoms with Gasteiger partial charge >= 0.3 is 0 Å². The van der Waals surface area contributed by atoms with E-state index in [2.05, 4.69) is 42.2 Å². The molecular formula is C21H22N2O2. The molecule has 0 spiro atoms. The highest BCUT2D eigenvalue weighted by molar-refractivity contribution is 5.85. The standard InChI is InChI=1S/C21H22N2O2/c1-3-15(2)19-11-17(21-18(13-24)12-22-23-21)9-10-20(19)25-14-16-7-5-4-6-8-16/h4-13,15H,3,14H2,1-2H3,(H,22,23). The van der Waals surface area contributed by atoms with Gasteiger partial charge in [0.15, 0.2) is 6.29 Å². The van der Waals surface area contributed by atoms with Gasteiger partial charge in [0.25, 0.3) is 0 Å². The predicted octanol–water partition coefficient (Wildman–Crippen LogP) is 4.98. The third-order valence-corrected chi connectivity index (χ3v) is 4.47. The van der Waals surface area contributed by atoms with E-state index in [4.69, 9.17) is 4.74 Å². The van der Waals surface area contributed by atoms with E-state index in [1.165, 1.54) is 0 Å². The Morgan fingerprint density at radius 3 is 2.72 bits per heavy atom. The van der Waals surface area contributed by atoms with Crippen molar-refractivity contribution in [3.8, 4) is 17.0 Å². The van der Waals surface area contributed by atoms with Gasteiger partial charge in [-0.1, -0.05) is 44.2 Å². The second-order valence-electron chi connectivity index (χ2n) is 6.15. The molecule has 1 unspecified atom stereocenters. The molecule has 0 fully saturated rings. The van der Waals surface area contributed by atoms with Gasteiger partial charge in [-0.05, 0) is 41.7 Å². The highest BCUT2D eigenvalue weighted by Crippen LogP contribution is 2.33. The summed E-state index contributed by atoms with van der Waals surface area (Å²) in [6.07, 6.45) is 3.38. The summed E-state index contributed by atoms with van der Waals surface area (Å²) in [6.45, 7) is 4.88. The van der Waals surface area contributed by atoms with Crippen LogP contribution in [-0.4, -0.2) is 16.5 Å². The van der Waals surface area contributed by atoms with E-state index >= 15 is 0 Å². The Hall–Kier alpha value is -2.88. The minimum absolute atomic E-state index is 0.355. The normalized spacial score (nSPS) is 11.9. The summed E-state index contributed by atoms with van der Waals surface area (Å²) in [5, 5.41) is 6.89. The zero-order valence-electron chi connectivity index (χ0n) is 14.5. The molecule has 1 heterocycles. The average molecular weight is 334 g/mol. The van der Waals surface area contributed by atoms with Crippen molar-refractivity contribution in [2.75, 3.05) is 0 Å². The molecule has 4 nitrogen and oxygen atoms in total. The molecule has 0 aliphatic carbocycles. The second kappa shape index (κ2) is 7.79. The van der Waals surface area contributed by atoms with Gasteiger partial charge in [0.1, 0.15) is 12.4 Å². The molecule has 1 N–H and O–H groups in total. The number of carbonyl (C=O) groups is 1. The lowest BCUT2D eigenvalue weighted by Gasteiger charge is -2.17. The van der Waals surface area contributed by atoms with Crippen LogP contribution in [0.4, 0.5) is 0 Å². The fourth-order valence-corrected chi connectivity index (χ4v) is 2.79. The molecule has 128 valence electrons. The van der Waals surface area contributed by atoms with Gasteiger partial charge in [0.2, 0.25) is 0 Å². The lowest BCUT2D eigenvalue weighted by atomic mass is 9.94. The van der Waals surface area contributed by atoms with Crippen LogP contribution in [0.1, 0.15) is 47.7 Å². The van der Waals surface area contributed by atoms with Crippen molar-refractivity contribution in [1.82, 2.24) is 10.2 Å². The van der Waals surface area contributed by atoms with Crippen molar-refractivity contribution in [1.29, 1.82) is 0 Å². The first-order valence-electron chi connectivity index (χ1n) is 8.52. The minimum atomic E-state index is 0.355. The number of H-pyrrole nitrogens is 1. The molecule has 0 bridgehead atoms. The van der Waals surface area contributed by atoms with Crippen molar-refractivity contribution in [2.24, 2.45) is 0 Å². The minimum Gasteiger partial charge on any atom is -0.489 e. The maximum atomic E-state index is 11.2. The molecule has 3 aromatic rings. The monoisotopic (exact) mass is 334 g/mol. The summed E-state index contributed by atoms with van der Waals surface area (Å²) in [5.41, 5.74) is 4.53. The van der Waals surface area contributed by atoms with E-state index in [9.17, 15) is 4.79 Å². The van der Waals surface area contributed by atoms with Gasteiger partial charge in [-0.2, -0.15) is 5.10 Å². The van der Waals surface area contributed by atoms with Gasteiger partial charge in [-0.15, -0.1) is 0 Å². The van der Waals surface area contributed by atoms with Crippen molar-refractivity contribution >= 4 is 6.29 Å². The van der Waals surface area contributed by atoms with E-state index in [1.807, 2.05) is 30.3 Å². The van der Waals surface area contributed by atoms with E-state index < -0.39 is 0 Å². The first-order chi connectivity index (χ1) is 12.2. The first kappa shape index (κ1) is 17.0. The Labute approximate surface area is 147 Å². The van der Waals surface area contributed by atoms with E-state index in [0.29, 0.717) is 18.1 Å². The zero-order valence-corrected chi connectivity index (χ0v) is 14.5. The zero-order chi connectivity index (χ0) is 17.6. The Balaban J connectivity index is 1.91. The van der Waals surface area contributed by atoms with Crippen molar-refractivity contribution < 1.29 is 9.53 Å². The highest BCUT2D eigenvalue weighted by atomic mass is 16.5. The lowest BCUT2D eigenvalue weighted by molar-refractivity contribution is 0.112. The predicted molar refractivity (Wildman–Crippen MR) is 98.9 cm³/mol. The smallest absolute Gasteiger partial charge is 0.153 e. The van der Waals surface area contributed by atoms with Crippen LogP contribution in [0.25, 0.3) is 11.3 Å². The molecule has 0 saturated heterocycles. The molecule has 25 heavy (non-hydrogen) atoms. The summed E-state index contributed by atoms with van der Waals surface area (Å²) in [5.74, 6) is 1.24. The van der Waals surface area contributed by atoms with Crippen LogP contribution in [0.15, 0.2) is 54.7 Å². The van der Waals surface area contributed by atoms with Gasteiger partial charge < -0.3 is 4.74 Å². The number of nitrogens with zero attached hydrogens (tertiary/aromatic N) is 1. The fraction of sp³-hybridized carbons (Fsp3) is 0.238.